The number of aromatic amines is 1. The number of pyridine rings is 2. The molecule has 3 heterocycles. The molecular formula is C19H17N5O2. The molecule has 7 nitrogen and oxygen atoms in total. The summed E-state index contributed by atoms with van der Waals surface area (Å²) in [5.74, 6) is -0.195. The van der Waals surface area contributed by atoms with Gasteiger partial charge in [0.1, 0.15) is 11.2 Å². The molecule has 0 spiro atoms. The van der Waals surface area contributed by atoms with E-state index >= 15 is 0 Å². The maximum atomic E-state index is 12.8. The standard InChI is InChI=1S/C19H17N5O2/c1-3-24-10-13(16(25)12-9-8-11(2)20-17(12)24)18(26)23-19-21-14-6-4-5-7-15(14)22-19/h4-10H,3H2,1-2H3,(H2,21,22,23,26). The largest absolute Gasteiger partial charge is 0.332 e. The average Bonchev–Trinajstić information content (AvgIpc) is 3.04. The van der Waals surface area contributed by atoms with Gasteiger partial charge in [0.25, 0.3) is 5.91 Å². The third kappa shape index (κ3) is 2.63. The van der Waals surface area contributed by atoms with Gasteiger partial charge in [0.15, 0.2) is 0 Å². The zero-order valence-corrected chi connectivity index (χ0v) is 14.4. The molecular weight excluding hydrogens is 330 g/mol. The third-order valence-corrected chi connectivity index (χ3v) is 4.27. The first kappa shape index (κ1) is 16.0. The maximum absolute atomic E-state index is 12.8. The van der Waals surface area contributed by atoms with E-state index in [2.05, 4.69) is 20.3 Å². The van der Waals surface area contributed by atoms with Crippen molar-refractivity contribution in [2.24, 2.45) is 0 Å². The van der Waals surface area contributed by atoms with Gasteiger partial charge < -0.3 is 9.55 Å². The third-order valence-electron chi connectivity index (χ3n) is 4.27. The normalized spacial score (nSPS) is 11.2. The van der Waals surface area contributed by atoms with Gasteiger partial charge in [-0.25, -0.2) is 9.97 Å². The van der Waals surface area contributed by atoms with Gasteiger partial charge in [-0.1, -0.05) is 12.1 Å². The fourth-order valence-electron chi connectivity index (χ4n) is 2.95. The molecule has 0 aliphatic heterocycles. The Morgan fingerprint density at radius 1 is 1.19 bits per heavy atom. The number of para-hydroxylation sites is 2. The van der Waals surface area contributed by atoms with Crippen molar-refractivity contribution in [2.75, 3.05) is 5.32 Å². The van der Waals surface area contributed by atoms with E-state index in [0.29, 0.717) is 23.5 Å². The number of imidazole rings is 1. The fraction of sp³-hybridized carbons (Fsp3) is 0.158. The molecule has 3 aromatic heterocycles. The van der Waals surface area contributed by atoms with E-state index in [1.807, 2.05) is 38.1 Å². The number of aryl methyl sites for hydroxylation is 2. The molecule has 0 fully saturated rings. The molecule has 0 saturated heterocycles. The highest BCUT2D eigenvalue weighted by molar-refractivity contribution is 6.05. The number of aromatic nitrogens is 4. The molecule has 1 aromatic carbocycles. The van der Waals surface area contributed by atoms with E-state index in [0.717, 1.165) is 16.7 Å². The predicted molar refractivity (Wildman–Crippen MR) is 100 cm³/mol. The lowest BCUT2D eigenvalue weighted by Gasteiger charge is -2.11. The number of hydrogen-bond acceptors (Lipinski definition) is 4. The lowest BCUT2D eigenvalue weighted by molar-refractivity contribution is 0.102. The molecule has 7 heteroatoms. The summed E-state index contributed by atoms with van der Waals surface area (Å²) in [6, 6.07) is 10.9. The van der Waals surface area contributed by atoms with Crippen LogP contribution in [0.5, 0.6) is 0 Å². The van der Waals surface area contributed by atoms with E-state index in [4.69, 9.17) is 0 Å². The first-order valence-corrected chi connectivity index (χ1v) is 8.33. The van der Waals surface area contributed by atoms with Gasteiger partial charge in [-0.3, -0.25) is 14.9 Å². The van der Waals surface area contributed by atoms with E-state index in [-0.39, 0.29) is 11.0 Å². The molecule has 4 aromatic rings. The molecule has 0 radical (unpaired) electrons. The minimum absolute atomic E-state index is 0.0606. The number of nitrogens with zero attached hydrogens (tertiary/aromatic N) is 3. The Bertz CT molecular complexity index is 1170. The van der Waals surface area contributed by atoms with Crippen molar-refractivity contribution in [1.29, 1.82) is 0 Å². The van der Waals surface area contributed by atoms with Gasteiger partial charge in [-0.2, -0.15) is 0 Å². The number of benzene rings is 1. The topological polar surface area (TPSA) is 92.7 Å². The highest BCUT2D eigenvalue weighted by Crippen LogP contribution is 2.15. The summed E-state index contributed by atoms with van der Waals surface area (Å²) in [6.07, 6.45) is 1.55. The van der Waals surface area contributed by atoms with E-state index in [9.17, 15) is 9.59 Å². The summed E-state index contributed by atoms with van der Waals surface area (Å²) in [5.41, 5.74) is 2.67. The van der Waals surface area contributed by atoms with Crippen LogP contribution in [0.2, 0.25) is 0 Å². The highest BCUT2D eigenvalue weighted by atomic mass is 16.2. The van der Waals surface area contributed by atoms with Crippen LogP contribution in [-0.4, -0.2) is 25.4 Å². The molecule has 0 unspecified atom stereocenters. The lowest BCUT2D eigenvalue weighted by atomic mass is 10.1. The van der Waals surface area contributed by atoms with Crippen LogP contribution in [0.3, 0.4) is 0 Å². The van der Waals surface area contributed by atoms with E-state index < -0.39 is 5.91 Å². The molecule has 1 amide bonds. The number of fused-ring (bicyclic) bond motifs is 2. The lowest BCUT2D eigenvalue weighted by Crippen LogP contribution is -2.24. The van der Waals surface area contributed by atoms with E-state index in [1.54, 1.807) is 22.9 Å². The molecule has 2 N–H and O–H groups in total. The Balaban J connectivity index is 1.77. The van der Waals surface area contributed by atoms with Crippen molar-refractivity contribution < 1.29 is 4.79 Å². The second-order valence-electron chi connectivity index (χ2n) is 6.04. The highest BCUT2D eigenvalue weighted by Gasteiger charge is 2.17. The van der Waals surface area contributed by atoms with Crippen LogP contribution in [0.25, 0.3) is 22.1 Å². The van der Waals surface area contributed by atoms with Gasteiger partial charge in [0.2, 0.25) is 11.4 Å². The minimum atomic E-state index is -0.501. The molecule has 26 heavy (non-hydrogen) atoms. The summed E-state index contributed by atoms with van der Waals surface area (Å²) < 4.78 is 1.80. The van der Waals surface area contributed by atoms with Crippen LogP contribution >= 0.6 is 0 Å². The van der Waals surface area contributed by atoms with Crippen LogP contribution in [0, 0.1) is 6.92 Å². The van der Waals surface area contributed by atoms with Crippen LogP contribution in [0.15, 0.2) is 47.4 Å². The van der Waals surface area contributed by atoms with Gasteiger partial charge in [0, 0.05) is 18.4 Å². The number of carbonyl (C=O) groups is 1. The zero-order valence-electron chi connectivity index (χ0n) is 14.4. The SMILES string of the molecule is CCn1cc(C(=O)Nc2nc3ccccc3[nH]2)c(=O)c2ccc(C)nc21. The number of nitrogens with one attached hydrogen (secondary N) is 2. The first-order valence-electron chi connectivity index (χ1n) is 8.33. The Labute approximate surface area is 148 Å². The second kappa shape index (κ2) is 6.11. The molecule has 0 aliphatic rings. The summed E-state index contributed by atoms with van der Waals surface area (Å²) >= 11 is 0. The fourth-order valence-corrected chi connectivity index (χ4v) is 2.95. The quantitative estimate of drug-likeness (QED) is 0.596. The first-order chi connectivity index (χ1) is 12.6. The number of rotatable bonds is 3. The number of H-pyrrole nitrogens is 1. The number of carbonyl (C=O) groups excluding carboxylic acids is 1. The Morgan fingerprint density at radius 2 is 2.00 bits per heavy atom. The van der Waals surface area contributed by atoms with Crippen molar-refractivity contribution in [3.05, 3.63) is 64.1 Å². The second-order valence-corrected chi connectivity index (χ2v) is 6.04. The molecule has 0 bridgehead atoms. The maximum Gasteiger partial charge on any atom is 0.263 e. The van der Waals surface area contributed by atoms with E-state index in [1.165, 1.54) is 0 Å². The number of anilines is 1. The zero-order chi connectivity index (χ0) is 18.3. The predicted octanol–water partition coefficient (Wildman–Crippen LogP) is 2.85. The molecule has 0 saturated carbocycles. The van der Waals surface area contributed by atoms with Crippen LogP contribution in [0.1, 0.15) is 23.0 Å². The Morgan fingerprint density at radius 3 is 2.77 bits per heavy atom. The average molecular weight is 347 g/mol. The van der Waals surface area contributed by atoms with Gasteiger partial charge in [-0.15, -0.1) is 0 Å². The summed E-state index contributed by atoms with van der Waals surface area (Å²) in [5, 5.41) is 3.10. The monoisotopic (exact) mass is 347 g/mol. The van der Waals surface area contributed by atoms with Crippen LogP contribution in [0.4, 0.5) is 5.95 Å². The van der Waals surface area contributed by atoms with Crippen molar-refractivity contribution >= 4 is 33.9 Å². The van der Waals surface area contributed by atoms with Gasteiger partial charge >= 0.3 is 0 Å². The number of amides is 1. The van der Waals surface area contributed by atoms with Crippen molar-refractivity contribution in [1.82, 2.24) is 19.5 Å². The Hall–Kier alpha value is -3.48. The Kier molecular flexibility index (Phi) is 3.76. The van der Waals surface area contributed by atoms with Crippen molar-refractivity contribution in [3.63, 3.8) is 0 Å². The minimum Gasteiger partial charge on any atom is -0.332 e. The van der Waals surface area contributed by atoms with Crippen LogP contribution < -0.4 is 10.7 Å². The molecule has 0 atom stereocenters. The summed E-state index contributed by atoms with van der Waals surface area (Å²) in [4.78, 5) is 37.2. The summed E-state index contributed by atoms with van der Waals surface area (Å²) in [6.45, 7) is 4.40. The molecule has 0 aliphatic carbocycles. The van der Waals surface area contributed by atoms with Gasteiger partial charge in [-0.05, 0) is 38.1 Å². The number of hydrogen-bond donors (Lipinski definition) is 2. The molecule has 130 valence electrons. The van der Waals surface area contributed by atoms with Crippen LogP contribution in [-0.2, 0) is 6.54 Å². The smallest absolute Gasteiger partial charge is 0.263 e. The molecule has 4 rings (SSSR count). The van der Waals surface area contributed by atoms with Gasteiger partial charge in [0.05, 0.1) is 16.4 Å². The van der Waals surface area contributed by atoms with Crippen molar-refractivity contribution in [2.45, 2.75) is 20.4 Å². The summed E-state index contributed by atoms with van der Waals surface area (Å²) in [7, 11) is 0. The van der Waals surface area contributed by atoms with Crippen molar-refractivity contribution in [3.8, 4) is 0 Å².